The highest BCUT2D eigenvalue weighted by Gasteiger charge is 2.27. The fraction of sp³-hybridized carbons (Fsp3) is 0.476. The largest absolute Gasteiger partial charge is 0.340 e. The van der Waals surface area contributed by atoms with Crippen molar-refractivity contribution in [2.75, 3.05) is 11.9 Å². The van der Waals surface area contributed by atoms with Crippen LogP contribution in [0.1, 0.15) is 68.4 Å². The van der Waals surface area contributed by atoms with Gasteiger partial charge in [0.1, 0.15) is 17.8 Å². The van der Waals surface area contributed by atoms with Gasteiger partial charge in [0.2, 0.25) is 0 Å². The number of aromatic nitrogens is 2. The van der Waals surface area contributed by atoms with E-state index >= 15 is 0 Å². The van der Waals surface area contributed by atoms with Crippen molar-refractivity contribution in [1.29, 1.82) is 0 Å². The van der Waals surface area contributed by atoms with E-state index in [2.05, 4.69) is 48.2 Å². The van der Waals surface area contributed by atoms with Crippen molar-refractivity contribution in [1.82, 2.24) is 14.9 Å². The molecule has 5 heteroatoms. The maximum Gasteiger partial charge on any atom is 0.272 e. The minimum Gasteiger partial charge on any atom is -0.340 e. The molecule has 0 bridgehead atoms. The van der Waals surface area contributed by atoms with Gasteiger partial charge in [-0.25, -0.2) is 9.97 Å². The second-order valence-electron chi connectivity index (χ2n) is 7.25. The van der Waals surface area contributed by atoms with Gasteiger partial charge in [0, 0.05) is 24.3 Å². The first-order valence-electron chi connectivity index (χ1n) is 9.58. The number of piperidine rings is 1. The van der Waals surface area contributed by atoms with E-state index in [1.807, 2.05) is 17.0 Å². The van der Waals surface area contributed by atoms with E-state index in [1.165, 1.54) is 18.3 Å². The van der Waals surface area contributed by atoms with Crippen molar-refractivity contribution >= 4 is 17.4 Å². The SMILES string of the molecule is CCC1CCCCN1C(=O)c1cc(Nc2ccc(C(C)C)cc2)ncn1. The number of carbonyl (C=O) groups excluding carboxylic acids is 1. The molecule has 1 unspecified atom stereocenters. The molecule has 3 rings (SSSR count). The number of likely N-dealkylation sites (tertiary alicyclic amines) is 1. The van der Waals surface area contributed by atoms with Gasteiger partial charge in [0.05, 0.1) is 0 Å². The Bertz CT molecular complexity index is 742. The van der Waals surface area contributed by atoms with E-state index in [9.17, 15) is 4.79 Å². The molecule has 1 amide bonds. The Balaban J connectivity index is 1.74. The van der Waals surface area contributed by atoms with Gasteiger partial charge in [0.25, 0.3) is 5.91 Å². The topological polar surface area (TPSA) is 58.1 Å². The zero-order valence-electron chi connectivity index (χ0n) is 15.9. The van der Waals surface area contributed by atoms with E-state index < -0.39 is 0 Å². The lowest BCUT2D eigenvalue weighted by atomic mass is 9.99. The summed E-state index contributed by atoms with van der Waals surface area (Å²) in [6, 6.07) is 10.4. The van der Waals surface area contributed by atoms with E-state index in [0.29, 0.717) is 23.5 Å². The summed E-state index contributed by atoms with van der Waals surface area (Å²) in [6.07, 6.45) is 5.81. The molecule has 2 aromatic rings. The third-order valence-corrected chi connectivity index (χ3v) is 5.10. The van der Waals surface area contributed by atoms with Crippen LogP contribution in [-0.4, -0.2) is 33.4 Å². The summed E-state index contributed by atoms with van der Waals surface area (Å²) in [4.78, 5) is 23.4. The predicted octanol–water partition coefficient (Wildman–Crippen LogP) is 4.75. The zero-order chi connectivity index (χ0) is 18.5. The summed E-state index contributed by atoms with van der Waals surface area (Å²) in [5.74, 6) is 1.16. The number of hydrogen-bond donors (Lipinski definition) is 1. The zero-order valence-corrected chi connectivity index (χ0v) is 15.9. The van der Waals surface area contributed by atoms with Crippen LogP contribution in [0.2, 0.25) is 0 Å². The molecule has 1 aliphatic rings. The number of nitrogens with one attached hydrogen (secondary N) is 1. The molecule has 5 nitrogen and oxygen atoms in total. The second kappa shape index (κ2) is 8.30. The third kappa shape index (κ3) is 4.21. The minimum atomic E-state index is 0.0113. The average Bonchev–Trinajstić information content (AvgIpc) is 2.68. The van der Waals surface area contributed by atoms with Crippen molar-refractivity contribution in [3.63, 3.8) is 0 Å². The minimum absolute atomic E-state index is 0.0113. The first-order chi connectivity index (χ1) is 12.6. The van der Waals surface area contributed by atoms with Crippen molar-refractivity contribution in [3.8, 4) is 0 Å². The van der Waals surface area contributed by atoms with Gasteiger partial charge in [-0.2, -0.15) is 0 Å². The van der Waals surface area contributed by atoms with Gasteiger partial charge in [-0.1, -0.05) is 32.9 Å². The highest BCUT2D eigenvalue weighted by molar-refractivity contribution is 5.93. The Morgan fingerprint density at radius 3 is 2.69 bits per heavy atom. The summed E-state index contributed by atoms with van der Waals surface area (Å²) in [5, 5.41) is 3.27. The second-order valence-corrected chi connectivity index (χ2v) is 7.25. The van der Waals surface area contributed by atoms with Crippen LogP contribution in [0.5, 0.6) is 0 Å². The van der Waals surface area contributed by atoms with Gasteiger partial charge in [0.15, 0.2) is 0 Å². The number of carbonyl (C=O) groups is 1. The number of hydrogen-bond acceptors (Lipinski definition) is 4. The Kier molecular flexibility index (Phi) is 5.86. The molecule has 1 aromatic carbocycles. The molecule has 26 heavy (non-hydrogen) atoms. The number of benzene rings is 1. The lowest BCUT2D eigenvalue weighted by Crippen LogP contribution is -2.43. The molecule has 1 N–H and O–H groups in total. The number of rotatable bonds is 5. The fourth-order valence-corrected chi connectivity index (χ4v) is 3.48. The molecule has 1 atom stereocenters. The maximum atomic E-state index is 12.9. The molecule has 1 aromatic heterocycles. The Morgan fingerprint density at radius 2 is 2.00 bits per heavy atom. The molecule has 0 aliphatic carbocycles. The summed E-state index contributed by atoms with van der Waals surface area (Å²) in [5.41, 5.74) is 2.71. The van der Waals surface area contributed by atoms with Gasteiger partial charge >= 0.3 is 0 Å². The van der Waals surface area contributed by atoms with Crippen LogP contribution >= 0.6 is 0 Å². The molecule has 0 radical (unpaired) electrons. The lowest BCUT2D eigenvalue weighted by molar-refractivity contribution is 0.0602. The van der Waals surface area contributed by atoms with Crippen molar-refractivity contribution in [3.05, 3.63) is 47.9 Å². The van der Waals surface area contributed by atoms with Crippen LogP contribution in [0.4, 0.5) is 11.5 Å². The van der Waals surface area contributed by atoms with E-state index in [0.717, 1.165) is 31.5 Å². The maximum absolute atomic E-state index is 12.9. The molecule has 138 valence electrons. The molecule has 2 heterocycles. The summed E-state index contributed by atoms with van der Waals surface area (Å²) in [7, 11) is 0. The third-order valence-electron chi connectivity index (χ3n) is 5.10. The van der Waals surface area contributed by atoms with Crippen LogP contribution < -0.4 is 5.32 Å². The molecule has 1 aliphatic heterocycles. The van der Waals surface area contributed by atoms with Crippen molar-refractivity contribution in [2.24, 2.45) is 0 Å². The van der Waals surface area contributed by atoms with Crippen molar-refractivity contribution in [2.45, 2.75) is 58.4 Å². The number of amides is 1. The molecule has 0 spiro atoms. The Labute approximate surface area is 155 Å². The molecule has 1 saturated heterocycles. The average molecular weight is 352 g/mol. The van der Waals surface area contributed by atoms with Gasteiger partial charge < -0.3 is 10.2 Å². The van der Waals surface area contributed by atoms with E-state index in [1.54, 1.807) is 6.07 Å². The molecular weight excluding hydrogens is 324 g/mol. The van der Waals surface area contributed by atoms with E-state index in [-0.39, 0.29) is 5.91 Å². The van der Waals surface area contributed by atoms with E-state index in [4.69, 9.17) is 0 Å². The summed E-state index contributed by atoms with van der Waals surface area (Å²) >= 11 is 0. The normalized spacial score (nSPS) is 17.4. The highest BCUT2D eigenvalue weighted by atomic mass is 16.2. The standard InChI is InChI=1S/C21H28N4O/c1-4-18-7-5-6-12-25(18)21(26)19-13-20(23-14-22-19)24-17-10-8-16(9-11-17)15(2)3/h8-11,13-15,18H,4-7,12H2,1-3H3,(H,22,23,24). The van der Waals surface area contributed by atoms with Gasteiger partial charge in [-0.3, -0.25) is 4.79 Å². The van der Waals surface area contributed by atoms with Gasteiger partial charge in [-0.15, -0.1) is 0 Å². The van der Waals surface area contributed by atoms with Crippen LogP contribution in [0.3, 0.4) is 0 Å². The molecule has 0 saturated carbocycles. The smallest absolute Gasteiger partial charge is 0.272 e. The van der Waals surface area contributed by atoms with Gasteiger partial charge in [-0.05, 0) is 49.3 Å². The monoisotopic (exact) mass is 352 g/mol. The fourth-order valence-electron chi connectivity index (χ4n) is 3.48. The van der Waals surface area contributed by atoms with Crippen LogP contribution in [-0.2, 0) is 0 Å². The van der Waals surface area contributed by atoms with Crippen molar-refractivity contribution < 1.29 is 4.79 Å². The molecule has 1 fully saturated rings. The highest BCUT2D eigenvalue weighted by Crippen LogP contribution is 2.23. The predicted molar refractivity (Wildman–Crippen MR) is 105 cm³/mol. The summed E-state index contributed by atoms with van der Waals surface area (Å²) in [6.45, 7) is 7.31. The molecular formula is C21H28N4O. The first kappa shape index (κ1) is 18.4. The Hall–Kier alpha value is -2.43. The lowest BCUT2D eigenvalue weighted by Gasteiger charge is -2.35. The van der Waals surface area contributed by atoms with Crippen LogP contribution in [0, 0.1) is 0 Å². The summed E-state index contributed by atoms with van der Waals surface area (Å²) < 4.78 is 0. The Morgan fingerprint density at radius 1 is 1.23 bits per heavy atom. The number of anilines is 2. The number of nitrogens with zero attached hydrogens (tertiary/aromatic N) is 3. The van der Waals surface area contributed by atoms with Crippen LogP contribution in [0.15, 0.2) is 36.7 Å². The first-order valence-corrected chi connectivity index (χ1v) is 9.58. The van der Waals surface area contributed by atoms with Crippen LogP contribution in [0.25, 0.3) is 0 Å². The quantitative estimate of drug-likeness (QED) is 0.844.